The van der Waals surface area contributed by atoms with E-state index in [1.54, 1.807) is 6.92 Å². The van der Waals surface area contributed by atoms with Gasteiger partial charge in [-0.3, -0.25) is 14.4 Å². The standard InChI is InChI=1S/C21H25NO5S/c1-19(2)20(3)9-10-21(19,15(24)14(20)23)18(26)22-16-13(17(25)27-4)11-7-5-6-8-12(11)28-16/h5-10H2,1-4H3,(H,22,26)/t20-,21-/m0/s1. The van der Waals surface area contributed by atoms with Gasteiger partial charge in [-0.05, 0) is 49.5 Å². The number of Topliss-reactive ketones (excluding diaryl/α,β-unsaturated/α-hetero) is 2. The van der Waals surface area contributed by atoms with Gasteiger partial charge in [0.2, 0.25) is 17.5 Å². The average Bonchev–Trinajstić information content (AvgIpc) is 3.16. The molecule has 2 bridgehead atoms. The number of carbonyl (C=O) groups excluding carboxylic acids is 4. The van der Waals surface area contributed by atoms with Crippen molar-refractivity contribution in [2.24, 2.45) is 16.2 Å². The smallest absolute Gasteiger partial charge is 0.341 e. The fourth-order valence-electron chi connectivity index (χ4n) is 5.45. The van der Waals surface area contributed by atoms with Crippen molar-refractivity contribution in [3.8, 4) is 0 Å². The highest BCUT2D eigenvalue weighted by Gasteiger charge is 2.77. The second-order valence-electron chi connectivity index (χ2n) is 8.88. The summed E-state index contributed by atoms with van der Waals surface area (Å²) in [5.41, 5.74) is -1.62. The summed E-state index contributed by atoms with van der Waals surface area (Å²) in [6, 6.07) is 0. The zero-order valence-electron chi connectivity index (χ0n) is 16.7. The number of esters is 1. The van der Waals surface area contributed by atoms with Crippen LogP contribution in [0, 0.1) is 16.2 Å². The van der Waals surface area contributed by atoms with Crippen molar-refractivity contribution in [1.29, 1.82) is 0 Å². The summed E-state index contributed by atoms with van der Waals surface area (Å²) in [6.45, 7) is 5.46. The summed E-state index contributed by atoms with van der Waals surface area (Å²) < 4.78 is 4.96. The van der Waals surface area contributed by atoms with E-state index in [0.29, 0.717) is 23.4 Å². The van der Waals surface area contributed by atoms with E-state index < -0.39 is 39.7 Å². The zero-order valence-corrected chi connectivity index (χ0v) is 17.5. The quantitative estimate of drug-likeness (QED) is 0.475. The van der Waals surface area contributed by atoms with Crippen molar-refractivity contribution < 1.29 is 23.9 Å². The van der Waals surface area contributed by atoms with Gasteiger partial charge in [0.15, 0.2) is 0 Å². The van der Waals surface area contributed by atoms with Gasteiger partial charge in [-0.2, -0.15) is 0 Å². The lowest BCUT2D eigenvalue weighted by atomic mass is 9.64. The minimum absolute atomic E-state index is 0.353. The monoisotopic (exact) mass is 403 g/mol. The van der Waals surface area contributed by atoms with Crippen LogP contribution in [0.25, 0.3) is 0 Å². The predicted octanol–water partition coefficient (Wildman–Crippen LogP) is 3.32. The molecule has 1 heterocycles. The maximum Gasteiger partial charge on any atom is 0.341 e. The number of ether oxygens (including phenoxy) is 1. The van der Waals surface area contributed by atoms with Crippen LogP contribution in [0.2, 0.25) is 0 Å². The van der Waals surface area contributed by atoms with Gasteiger partial charge in [-0.1, -0.05) is 20.8 Å². The summed E-state index contributed by atoms with van der Waals surface area (Å²) in [4.78, 5) is 52.5. The molecule has 3 aliphatic carbocycles. The number of aryl methyl sites for hydroxylation is 1. The summed E-state index contributed by atoms with van der Waals surface area (Å²) >= 11 is 1.39. The highest BCUT2D eigenvalue weighted by molar-refractivity contribution is 7.17. The Kier molecular flexibility index (Phi) is 4.13. The zero-order chi connectivity index (χ0) is 20.5. The maximum atomic E-state index is 13.5. The van der Waals surface area contributed by atoms with E-state index in [4.69, 9.17) is 4.74 Å². The highest BCUT2D eigenvalue weighted by Crippen LogP contribution is 2.69. The van der Waals surface area contributed by atoms with Crippen molar-refractivity contribution in [3.63, 3.8) is 0 Å². The van der Waals surface area contributed by atoms with Gasteiger partial charge in [0.25, 0.3) is 0 Å². The molecule has 28 heavy (non-hydrogen) atoms. The third-order valence-corrected chi connectivity index (χ3v) is 8.92. The molecular weight excluding hydrogens is 378 g/mol. The summed E-state index contributed by atoms with van der Waals surface area (Å²) in [5, 5.41) is 3.31. The molecular formula is C21H25NO5S. The predicted molar refractivity (Wildman–Crippen MR) is 104 cm³/mol. The number of anilines is 1. The molecule has 1 aromatic heterocycles. The fourth-order valence-corrected chi connectivity index (χ4v) is 6.73. The summed E-state index contributed by atoms with van der Waals surface area (Å²) in [6.07, 6.45) is 4.55. The number of ketones is 2. The first-order chi connectivity index (χ1) is 13.1. The average molecular weight is 404 g/mol. The third kappa shape index (κ3) is 2.08. The van der Waals surface area contributed by atoms with Crippen LogP contribution in [0.3, 0.4) is 0 Å². The van der Waals surface area contributed by atoms with Crippen LogP contribution < -0.4 is 5.32 Å². The number of hydrogen-bond acceptors (Lipinski definition) is 6. The molecule has 2 fully saturated rings. The Balaban J connectivity index is 1.76. The van der Waals surface area contributed by atoms with E-state index in [1.807, 2.05) is 13.8 Å². The van der Waals surface area contributed by atoms with E-state index in [9.17, 15) is 19.2 Å². The fraction of sp³-hybridized carbons (Fsp3) is 0.619. The number of amides is 1. The number of nitrogens with one attached hydrogen (secondary N) is 1. The van der Waals surface area contributed by atoms with Crippen LogP contribution in [0.5, 0.6) is 0 Å². The maximum absolute atomic E-state index is 13.5. The van der Waals surface area contributed by atoms with Crippen LogP contribution in [-0.4, -0.2) is 30.6 Å². The molecule has 3 aliphatic rings. The molecule has 0 spiro atoms. The van der Waals surface area contributed by atoms with Crippen LogP contribution in [0.1, 0.15) is 67.3 Å². The largest absolute Gasteiger partial charge is 0.465 e. The Labute approximate surface area is 168 Å². The number of carbonyl (C=O) groups is 4. The lowest BCUT2D eigenvalue weighted by Gasteiger charge is -2.37. The van der Waals surface area contributed by atoms with Crippen molar-refractivity contribution in [3.05, 3.63) is 16.0 Å². The van der Waals surface area contributed by atoms with Crippen LogP contribution in [0.4, 0.5) is 5.00 Å². The minimum Gasteiger partial charge on any atom is -0.465 e. The third-order valence-electron chi connectivity index (χ3n) is 7.72. The number of hydrogen-bond donors (Lipinski definition) is 1. The highest BCUT2D eigenvalue weighted by atomic mass is 32.1. The Bertz CT molecular complexity index is 929. The van der Waals surface area contributed by atoms with E-state index in [0.717, 1.165) is 36.1 Å². The lowest BCUT2D eigenvalue weighted by Crippen LogP contribution is -2.47. The molecule has 1 amide bonds. The Morgan fingerprint density at radius 1 is 1.04 bits per heavy atom. The summed E-state index contributed by atoms with van der Waals surface area (Å²) in [7, 11) is 1.32. The molecule has 1 N–H and O–H groups in total. The van der Waals surface area contributed by atoms with Gasteiger partial charge in [-0.25, -0.2) is 4.79 Å². The Morgan fingerprint density at radius 2 is 1.71 bits per heavy atom. The van der Waals surface area contributed by atoms with Crippen LogP contribution >= 0.6 is 11.3 Å². The topological polar surface area (TPSA) is 89.5 Å². The second-order valence-corrected chi connectivity index (χ2v) is 9.99. The van der Waals surface area contributed by atoms with Gasteiger partial charge in [0.1, 0.15) is 10.4 Å². The van der Waals surface area contributed by atoms with Gasteiger partial charge in [0.05, 0.1) is 12.7 Å². The van der Waals surface area contributed by atoms with Gasteiger partial charge in [-0.15, -0.1) is 11.3 Å². The molecule has 150 valence electrons. The van der Waals surface area contributed by atoms with Crippen LogP contribution in [-0.2, 0) is 32.0 Å². The molecule has 0 saturated heterocycles. The molecule has 2 atom stereocenters. The molecule has 0 aromatic carbocycles. The SMILES string of the molecule is COC(=O)c1c(NC(=O)[C@]23CC[C@@](C)(C(=O)C2=O)C3(C)C)sc2c1CCCC2. The van der Waals surface area contributed by atoms with E-state index in [2.05, 4.69) is 5.32 Å². The molecule has 2 saturated carbocycles. The van der Waals surface area contributed by atoms with Crippen molar-refractivity contribution in [2.75, 3.05) is 12.4 Å². The van der Waals surface area contributed by atoms with Crippen molar-refractivity contribution in [1.82, 2.24) is 0 Å². The minimum atomic E-state index is -1.38. The number of thiophene rings is 1. The second kappa shape index (κ2) is 5.99. The first-order valence-corrected chi connectivity index (χ1v) is 10.6. The first-order valence-electron chi connectivity index (χ1n) is 9.75. The van der Waals surface area contributed by atoms with E-state index in [-0.39, 0.29) is 0 Å². The Morgan fingerprint density at radius 3 is 2.32 bits per heavy atom. The molecule has 0 unspecified atom stereocenters. The Hall–Kier alpha value is -2.02. The summed E-state index contributed by atoms with van der Waals surface area (Å²) in [5.74, 6) is -1.99. The number of rotatable bonds is 3. The van der Waals surface area contributed by atoms with Crippen LogP contribution in [0.15, 0.2) is 0 Å². The number of methoxy groups -OCH3 is 1. The van der Waals surface area contributed by atoms with E-state index in [1.165, 1.54) is 18.4 Å². The molecule has 0 aliphatic heterocycles. The first kappa shape index (κ1) is 19.3. The van der Waals surface area contributed by atoms with Gasteiger partial charge < -0.3 is 10.1 Å². The number of fused-ring (bicyclic) bond motifs is 3. The molecule has 4 rings (SSSR count). The normalized spacial score (nSPS) is 30.3. The lowest BCUT2D eigenvalue weighted by molar-refractivity contribution is -0.147. The van der Waals surface area contributed by atoms with Crippen molar-refractivity contribution >= 4 is 39.8 Å². The van der Waals surface area contributed by atoms with Crippen molar-refractivity contribution in [2.45, 2.75) is 59.3 Å². The molecule has 6 nitrogen and oxygen atoms in total. The van der Waals surface area contributed by atoms with E-state index >= 15 is 0 Å². The molecule has 7 heteroatoms. The molecule has 0 radical (unpaired) electrons. The molecule has 1 aromatic rings. The van der Waals surface area contributed by atoms with Gasteiger partial charge in [0, 0.05) is 10.3 Å². The van der Waals surface area contributed by atoms with Gasteiger partial charge >= 0.3 is 5.97 Å².